The molecule has 4 nitrogen and oxygen atoms in total. The minimum atomic E-state index is -0.732. The molecule has 1 aromatic carbocycles. The topological polar surface area (TPSA) is 55.8 Å². The number of carboxylic acid groups (broad SMARTS) is 1. The lowest BCUT2D eigenvalue weighted by atomic mass is 10.2. The summed E-state index contributed by atoms with van der Waals surface area (Å²) in [5, 5.41) is 8.51. The molecule has 0 fully saturated rings. The zero-order valence-electron chi connectivity index (χ0n) is 12.1. The van der Waals surface area contributed by atoms with Gasteiger partial charge in [0.2, 0.25) is 0 Å². The number of rotatable bonds is 11. The fraction of sp³-hybridized carbons (Fsp3) is 0.562. The molecule has 112 valence electrons. The zero-order chi connectivity index (χ0) is 14.6. The van der Waals surface area contributed by atoms with Crippen molar-refractivity contribution in [3.05, 3.63) is 24.3 Å². The predicted octanol–water partition coefficient (Wildman–Crippen LogP) is 3.89. The van der Waals surface area contributed by atoms with Gasteiger partial charge in [0.1, 0.15) is 11.5 Å². The van der Waals surface area contributed by atoms with Crippen LogP contribution in [0.2, 0.25) is 0 Å². The van der Waals surface area contributed by atoms with Crippen LogP contribution in [0.3, 0.4) is 0 Å². The van der Waals surface area contributed by atoms with Gasteiger partial charge in [0.05, 0.1) is 13.2 Å². The van der Waals surface area contributed by atoms with Crippen LogP contribution in [-0.4, -0.2) is 24.3 Å². The van der Waals surface area contributed by atoms with Crippen molar-refractivity contribution in [1.29, 1.82) is 0 Å². The fourth-order valence-corrected chi connectivity index (χ4v) is 1.71. The summed E-state index contributed by atoms with van der Waals surface area (Å²) >= 11 is 0. The monoisotopic (exact) mass is 280 g/mol. The molecule has 0 aliphatic heterocycles. The molecule has 0 unspecified atom stereocenters. The number of hydrogen-bond donors (Lipinski definition) is 1. The van der Waals surface area contributed by atoms with E-state index in [1.165, 1.54) is 0 Å². The van der Waals surface area contributed by atoms with Gasteiger partial charge in [-0.15, -0.1) is 0 Å². The van der Waals surface area contributed by atoms with E-state index in [9.17, 15) is 4.79 Å². The molecule has 0 aliphatic carbocycles. The maximum atomic E-state index is 10.3. The van der Waals surface area contributed by atoms with E-state index in [1.54, 1.807) is 0 Å². The second-order valence-electron chi connectivity index (χ2n) is 4.73. The SMILES string of the molecule is CCCCOc1ccc(OCCCCCC(=O)O)cc1. The number of ether oxygens (including phenoxy) is 2. The van der Waals surface area contributed by atoms with E-state index in [1.807, 2.05) is 24.3 Å². The summed E-state index contributed by atoms with van der Waals surface area (Å²) in [6, 6.07) is 7.63. The van der Waals surface area contributed by atoms with Crippen molar-refractivity contribution in [1.82, 2.24) is 0 Å². The van der Waals surface area contributed by atoms with Crippen LogP contribution in [0, 0.1) is 0 Å². The number of hydrogen-bond acceptors (Lipinski definition) is 3. The van der Waals surface area contributed by atoms with Gasteiger partial charge in [-0.05, 0) is 49.9 Å². The molecule has 20 heavy (non-hydrogen) atoms. The highest BCUT2D eigenvalue weighted by molar-refractivity contribution is 5.66. The summed E-state index contributed by atoms with van der Waals surface area (Å²) in [7, 11) is 0. The molecular formula is C16H24O4. The van der Waals surface area contributed by atoms with Crippen molar-refractivity contribution in [3.8, 4) is 11.5 Å². The molecule has 0 heterocycles. The van der Waals surface area contributed by atoms with E-state index in [0.717, 1.165) is 43.8 Å². The van der Waals surface area contributed by atoms with Crippen molar-refractivity contribution in [2.45, 2.75) is 45.4 Å². The molecule has 1 N–H and O–H groups in total. The Balaban J connectivity index is 2.13. The molecule has 4 heteroatoms. The summed E-state index contributed by atoms with van der Waals surface area (Å²) < 4.78 is 11.2. The van der Waals surface area contributed by atoms with Gasteiger partial charge in [0.15, 0.2) is 0 Å². The molecule has 0 atom stereocenters. The van der Waals surface area contributed by atoms with Crippen molar-refractivity contribution in [2.24, 2.45) is 0 Å². The third kappa shape index (κ3) is 7.67. The van der Waals surface area contributed by atoms with Crippen LogP contribution in [0.25, 0.3) is 0 Å². The lowest BCUT2D eigenvalue weighted by molar-refractivity contribution is -0.137. The molecule has 0 aromatic heterocycles. The Hall–Kier alpha value is -1.71. The molecule has 0 aliphatic rings. The van der Waals surface area contributed by atoms with Gasteiger partial charge >= 0.3 is 5.97 Å². The minimum absolute atomic E-state index is 0.240. The molecule has 0 amide bonds. The quantitative estimate of drug-likeness (QED) is 0.625. The van der Waals surface area contributed by atoms with Gasteiger partial charge in [0.25, 0.3) is 0 Å². The predicted molar refractivity (Wildman–Crippen MR) is 78.4 cm³/mol. The summed E-state index contributed by atoms with van der Waals surface area (Å²) in [5.74, 6) is 0.961. The number of carboxylic acids is 1. The minimum Gasteiger partial charge on any atom is -0.494 e. The van der Waals surface area contributed by atoms with Gasteiger partial charge in [-0.1, -0.05) is 13.3 Å². The molecule has 1 rings (SSSR count). The highest BCUT2D eigenvalue weighted by atomic mass is 16.5. The number of unbranched alkanes of at least 4 members (excludes halogenated alkanes) is 3. The smallest absolute Gasteiger partial charge is 0.303 e. The molecule has 0 bridgehead atoms. The molecule has 0 spiro atoms. The van der Waals surface area contributed by atoms with Crippen molar-refractivity contribution < 1.29 is 19.4 Å². The molecule has 0 saturated heterocycles. The number of benzene rings is 1. The Morgan fingerprint density at radius 2 is 1.50 bits per heavy atom. The van der Waals surface area contributed by atoms with E-state index >= 15 is 0 Å². The van der Waals surface area contributed by atoms with Gasteiger partial charge in [-0.3, -0.25) is 4.79 Å². The Kier molecular flexibility index (Phi) is 8.27. The molecule has 0 saturated carbocycles. The van der Waals surface area contributed by atoms with Crippen LogP contribution in [-0.2, 0) is 4.79 Å². The van der Waals surface area contributed by atoms with E-state index in [-0.39, 0.29) is 6.42 Å². The third-order valence-electron chi connectivity index (χ3n) is 2.89. The maximum absolute atomic E-state index is 10.3. The average Bonchev–Trinajstić information content (AvgIpc) is 2.44. The van der Waals surface area contributed by atoms with E-state index in [4.69, 9.17) is 14.6 Å². The normalized spacial score (nSPS) is 10.2. The van der Waals surface area contributed by atoms with E-state index in [0.29, 0.717) is 13.0 Å². The van der Waals surface area contributed by atoms with Crippen LogP contribution >= 0.6 is 0 Å². The second kappa shape index (κ2) is 10.1. The first kappa shape index (κ1) is 16.3. The highest BCUT2D eigenvalue weighted by Gasteiger charge is 1.98. The Bertz CT molecular complexity index is 373. The Morgan fingerprint density at radius 1 is 0.950 bits per heavy atom. The second-order valence-corrected chi connectivity index (χ2v) is 4.73. The molecule has 1 aromatic rings. The van der Waals surface area contributed by atoms with Crippen molar-refractivity contribution in [3.63, 3.8) is 0 Å². The highest BCUT2D eigenvalue weighted by Crippen LogP contribution is 2.18. The zero-order valence-corrected chi connectivity index (χ0v) is 12.1. The van der Waals surface area contributed by atoms with Crippen LogP contribution in [0.15, 0.2) is 24.3 Å². The summed E-state index contributed by atoms with van der Waals surface area (Å²) in [6.07, 6.45) is 4.90. The lowest BCUT2D eigenvalue weighted by Gasteiger charge is -2.08. The Morgan fingerprint density at radius 3 is 2.00 bits per heavy atom. The van der Waals surface area contributed by atoms with Crippen LogP contribution < -0.4 is 9.47 Å². The third-order valence-corrected chi connectivity index (χ3v) is 2.89. The van der Waals surface area contributed by atoms with Gasteiger partial charge < -0.3 is 14.6 Å². The van der Waals surface area contributed by atoms with Gasteiger partial charge in [0, 0.05) is 6.42 Å². The van der Waals surface area contributed by atoms with Crippen molar-refractivity contribution in [2.75, 3.05) is 13.2 Å². The number of carbonyl (C=O) groups is 1. The first-order chi connectivity index (χ1) is 9.72. The van der Waals surface area contributed by atoms with Crippen molar-refractivity contribution >= 4 is 5.97 Å². The Labute approximate surface area is 120 Å². The average molecular weight is 280 g/mol. The summed E-state index contributed by atoms with van der Waals surface area (Å²) in [5.41, 5.74) is 0. The standard InChI is InChI=1S/C16H24O4/c1-2-3-12-19-14-8-10-15(11-9-14)20-13-6-4-5-7-16(17)18/h8-11H,2-7,12-13H2,1H3,(H,17,18). The number of aliphatic carboxylic acids is 1. The molecule has 0 radical (unpaired) electrons. The van der Waals surface area contributed by atoms with Crippen LogP contribution in [0.4, 0.5) is 0 Å². The first-order valence-corrected chi connectivity index (χ1v) is 7.30. The first-order valence-electron chi connectivity index (χ1n) is 7.30. The largest absolute Gasteiger partial charge is 0.494 e. The van der Waals surface area contributed by atoms with E-state index < -0.39 is 5.97 Å². The van der Waals surface area contributed by atoms with Gasteiger partial charge in [-0.25, -0.2) is 0 Å². The maximum Gasteiger partial charge on any atom is 0.303 e. The molecular weight excluding hydrogens is 256 g/mol. The summed E-state index contributed by atoms with van der Waals surface area (Å²) in [6.45, 7) is 3.51. The van der Waals surface area contributed by atoms with E-state index in [2.05, 4.69) is 6.92 Å². The fourth-order valence-electron chi connectivity index (χ4n) is 1.71. The lowest BCUT2D eigenvalue weighted by Crippen LogP contribution is -1.99. The van der Waals surface area contributed by atoms with Crippen LogP contribution in [0.5, 0.6) is 11.5 Å². The van der Waals surface area contributed by atoms with Gasteiger partial charge in [-0.2, -0.15) is 0 Å². The van der Waals surface area contributed by atoms with Crippen LogP contribution in [0.1, 0.15) is 45.4 Å². The summed E-state index contributed by atoms with van der Waals surface area (Å²) in [4.78, 5) is 10.3.